The zero-order valence-corrected chi connectivity index (χ0v) is 17.8. The van der Waals surface area contributed by atoms with Crippen molar-refractivity contribution in [3.63, 3.8) is 0 Å². The lowest BCUT2D eigenvalue weighted by molar-refractivity contribution is 0.198. The van der Waals surface area contributed by atoms with Crippen molar-refractivity contribution >= 4 is 27.2 Å². The highest BCUT2D eigenvalue weighted by molar-refractivity contribution is 7.17. The standard InChI is InChI=1S/C25H25N3OS/c1-18(19-5-3-2-4-6-19)27-12-14-28(15-13-27)25-22-11-16-30-24(22)17-23(26-25)20-7-9-21(29)10-8-20/h2-11,16-18,29H,12-15H2,1H3. The smallest absolute Gasteiger partial charge is 0.138 e. The summed E-state index contributed by atoms with van der Waals surface area (Å²) in [4.78, 5) is 10.0. The van der Waals surface area contributed by atoms with Crippen LogP contribution in [0.5, 0.6) is 5.75 Å². The Morgan fingerprint density at radius 3 is 2.40 bits per heavy atom. The number of hydrogen-bond donors (Lipinski definition) is 1. The molecule has 4 nitrogen and oxygen atoms in total. The van der Waals surface area contributed by atoms with Crippen molar-refractivity contribution in [2.45, 2.75) is 13.0 Å². The summed E-state index contributed by atoms with van der Waals surface area (Å²) in [5, 5.41) is 13.0. The van der Waals surface area contributed by atoms with Gasteiger partial charge in [0.1, 0.15) is 11.6 Å². The summed E-state index contributed by atoms with van der Waals surface area (Å²) in [5.74, 6) is 1.35. The van der Waals surface area contributed by atoms with E-state index in [9.17, 15) is 5.11 Å². The van der Waals surface area contributed by atoms with Crippen molar-refractivity contribution in [2.24, 2.45) is 0 Å². The summed E-state index contributed by atoms with van der Waals surface area (Å²) in [5.41, 5.74) is 3.36. The highest BCUT2D eigenvalue weighted by Crippen LogP contribution is 2.34. The molecular weight excluding hydrogens is 390 g/mol. The minimum atomic E-state index is 0.278. The van der Waals surface area contributed by atoms with Gasteiger partial charge < -0.3 is 10.0 Å². The average Bonchev–Trinajstić information content (AvgIpc) is 3.28. The topological polar surface area (TPSA) is 39.6 Å². The van der Waals surface area contributed by atoms with Crippen LogP contribution in [0.3, 0.4) is 0 Å². The molecule has 5 heteroatoms. The van der Waals surface area contributed by atoms with Gasteiger partial charge in [0.15, 0.2) is 0 Å². The second-order valence-corrected chi connectivity index (χ2v) is 8.77. The van der Waals surface area contributed by atoms with E-state index in [2.05, 4.69) is 64.6 Å². The third kappa shape index (κ3) is 3.66. The molecule has 4 aromatic rings. The maximum absolute atomic E-state index is 9.62. The van der Waals surface area contributed by atoms with E-state index in [0.717, 1.165) is 43.3 Å². The fourth-order valence-corrected chi connectivity index (χ4v) is 5.05. The fraction of sp³-hybridized carbons (Fsp3) is 0.240. The van der Waals surface area contributed by atoms with Crippen molar-refractivity contribution in [3.05, 3.63) is 77.7 Å². The Morgan fingerprint density at radius 1 is 0.933 bits per heavy atom. The number of piperazine rings is 1. The Kier molecular flexibility index (Phi) is 5.15. The zero-order chi connectivity index (χ0) is 20.5. The maximum atomic E-state index is 9.62. The summed E-state index contributed by atoms with van der Waals surface area (Å²) in [6.07, 6.45) is 0. The largest absolute Gasteiger partial charge is 0.508 e. The molecule has 3 heterocycles. The van der Waals surface area contributed by atoms with Gasteiger partial charge in [0.2, 0.25) is 0 Å². The lowest BCUT2D eigenvalue weighted by atomic mass is 10.1. The number of fused-ring (bicyclic) bond motifs is 1. The number of benzene rings is 2. The molecule has 0 aliphatic carbocycles. The van der Waals surface area contributed by atoms with Crippen molar-refractivity contribution in [1.82, 2.24) is 9.88 Å². The number of phenols is 1. The van der Waals surface area contributed by atoms with E-state index in [4.69, 9.17) is 4.98 Å². The van der Waals surface area contributed by atoms with Gasteiger partial charge in [0.25, 0.3) is 0 Å². The summed E-state index contributed by atoms with van der Waals surface area (Å²) in [6.45, 7) is 6.27. The molecule has 1 aliphatic heterocycles. The van der Waals surface area contributed by atoms with E-state index in [-0.39, 0.29) is 5.75 Å². The van der Waals surface area contributed by atoms with Crippen molar-refractivity contribution < 1.29 is 5.11 Å². The molecular formula is C25H25N3OS. The Morgan fingerprint density at radius 2 is 1.67 bits per heavy atom. The van der Waals surface area contributed by atoms with Crippen LogP contribution < -0.4 is 4.90 Å². The van der Waals surface area contributed by atoms with Gasteiger partial charge in [-0.15, -0.1) is 11.3 Å². The summed E-state index contributed by atoms with van der Waals surface area (Å²) in [6, 6.07) is 22.8. The van der Waals surface area contributed by atoms with Crippen molar-refractivity contribution in [3.8, 4) is 17.0 Å². The summed E-state index contributed by atoms with van der Waals surface area (Å²) >= 11 is 1.75. The van der Waals surface area contributed by atoms with Crippen molar-refractivity contribution in [2.75, 3.05) is 31.1 Å². The number of nitrogens with zero attached hydrogens (tertiary/aromatic N) is 3. The number of rotatable bonds is 4. The van der Waals surface area contributed by atoms with E-state index in [1.807, 2.05) is 12.1 Å². The number of pyridine rings is 1. The van der Waals surface area contributed by atoms with Crippen LogP contribution in [0.25, 0.3) is 21.3 Å². The van der Waals surface area contributed by atoms with Gasteiger partial charge >= 0.3 is 0 Å². The van der Waals surface area contributed by atoms with E-state index < -0.39 is 0 Å². The van der Waals surface area contributed by atoms with Crippen LogP contribution in [0.1, 0.15) is 18.5 Å². The van der Waals surface area contributed by atoms with Gasteiger partial charge in [-0.3, -0.25) is 4.90 Å². The van der Waals surface area contributed by atoms with Crippen LogP contribution in [-0.4, -0.2) is 41.2 Å². The second kappa shape index (κ2) is 8.09. The molecule has 152 valence electrons. The molecule has 1 N–H and O–H groups in total. The molecule has 1 fully saturated rings. The van der Waals surface area contributed by atoms with Gasteiger partial charge in [0, 0.05) is 47.9 Å². The molecule has 1 atom stereocenters. The third-order valence-electron chi connectivity index (χ3n) is 6.04. The number of aromatic hydroxyl groups is 1. The molecule has 1 saturated heterocycles. The molecule has 2 aromatic heterocycles. The highest BCUT2D eigenvalue weighted by Gasteiger charge is 2.24. The van der Waals surface area contributed by atoms with Gasteiger partial charge in [-0.2, -0.15) is 0 Å². The first-order valence-corrected chi connectivity index (χ1v) is 11.3. The predicted molar refractivity (Wildman–Crippen MR) is 125 cm³/mol. The first-order valence-electron chi connectivity index (χ1n) is 10.4. The second-order valence-electron chi connectivity index (χ2n) is 7.82. The maximum Gasteiger partial charge on any atom is 0.138 e. The van der Waals surface area contributed by atoms with Crippen LogP contribution in [0, 0.1) is 0 Å². The molecule has 1 aliphatic rings. The van der Waals surface area contributed by atoms with E-state index in [0.29, 0.717) is 6.04 Å². The quantitative estimate of drug-likeness (QED) is 0.474. The molecule has 0 bridgehead atoms. The summed E-state index contributed by atoms with van der Waals surface area (Å²) < 4.78 is 1.25. The highest BCUT2D eigenvalue weighted by atomic mass is 32.1. The number of thiophene rings is 1. The first-order chi connectivity index (χ1) is 14.7. The molecule has 0 saturated carbocycles. The van der Waals surface area contributed by atoms with Crippen LogP contribution >= 0.6 is 11.3 Å². The average molecular weight is 416 g/mol. The molecule has 0 amide bonds. The zero-order valence-electron chi connectivity index (χ0n) is 17.0. The minimum Gasteiger partial charge on any atom is -0.508 e. The van der Waals surface area contributed by atoms with E-state index in [1.54, 1.807) is 23.5 Å². The van der Waals surface area contributed by atoms with E-state index in [1.165, 1.54) is 15.6 Å². The van der Waals surface area contributed by atoms with Crippen LogP contribution in [0.2, 0.25) is 0 Å². The number of anilines is 1. The normalized spacial score (nSPS) is 16.1. The Bertz CT molecular complexity index is 1130. The van der Waals surface area contributed by atoms with Crippen LogP contribution in [0.4, 0.5) is 5.82 Å². The molecule has 2 aromatic carbocycles. The van der Waals surface area contributed by atoms with Crippen LogP contribution in [0.15, 0.2) is 72.1 Å². The Hall–Kier alpha value is -2.89. The lowest BCUT2D eigenvalue weighted by Gasteiger charge is -2.39. The van der Waals surface area contributed by atoms with Gasteiger partial charge in [0.05, 0.1) is 5.69 Å². The predicted octanol–water partition coefficient (Wildman–Crippen LogP) is 5.55. The molecule has 0 spiro atoms. The monoisotopic (exact) mass is 415 g/mol. The van der Waals surface area contributed by atoms with Crippen molar-refractivity contribution in [1.29, 1.82) is 0 Å². The number of aromatic nitrogens is 1. The Balaban J connectivity index is 1.40. The molecule has 0 radical (unpaired) electrons. The number of hydrogen-bond acceptors (Lipinski definition) is 5. The fourth-order valence-electron chi connectivity index (χ4n) is 4.23. The molecule has 1 unspecified atom stereocenters. The summed E-state index contributed by atoms with van der Waals surface area (Å²) in [7, 11) is 0. The minimum absolute atomic E-state index is 0.278. The third-order valence-corrected chi connectivity index (χ3v) is 6.90. The first kappa shape index (κ1) is 19.1. The van der Waals surface area contributed by atoms with Gasteiger partial charge in [-0.25, -0.2) is 4.98 Å². The molecule has 30 heavy (non-hydrogen) atoms. The SMILES string of the molecule is CC(c1ccccc1)N1CCN(c2nc(-c3ccc(O)cc3)cc3sccc23)CC1. The van der Waals surface area contributed by atoms with E-state index >= 15 is 0 Å². The number of phenolic OH excluding ortho intramolecular Hbond substituents is 1. The van der Waals surface area contributed by atoms with Crippen LogP contribution in [-0.2, 0) is 0 Å². The molecule has 5 rings (SSSR count). The van der Waals surface area contributed by atoms with Gasteiger partial charge in [-0.05, 0) is 54.3 Å². The van der Waals surface area contributed by atoms with Gasteiger partial charge in [-0.1, -0.05) is 30.3 Å². The Labute approximate surface area is 181 Å². The lowest BCUT2D eigenvalue weighted by Crippen LogP contribution is -2.47.